The highest BCUT2D eigenvalue weighted by atomic mass is 19.4. The number of hydrogen-bond donors (Lipinski definition) is 2. The predicted molar refractivity (Wildman–Crippen MR) is 65.6 cm³/mol. The van der Waals surface area contributed by atoms with Crippen LogP contribution in [0.4, 0.5) is 13.2 Å². The van der Waals surface area contributed by atoms with Crippen LogP contribution < -0.4 is 16.2 Å². The Morgan fingerprint density at radius 2 is 2.00 bits per heavy atom. The molecule has 0 heterocycles. The van der Waals surface area contributed by atoms with Gasteiger partial charge in [0.25, 0.3) is 0 Å². The van der Waals surface area contributed by atoms with E-state index in [-0.39, 0.29) is 6.54 Å². The Morgan fingerprint density at radius 1 is 1.32 bits per heavy atom. The van der Waals surface area contributed by atoms with Gasteiger partial charge in [0, 0.05) is 18.2 Å². The van der Waals surface area contributed by atoms with Crippen molar-refractivity contribution in [3.8, 4) is 5.75 Å². The summed E-state index contributed by atoms with van der Waals surface area (Å²) in [6, 6.07) is 2.71. The molecule has 2 rings (SSSR count). The zero-order chi connectivity index (χ0) is 14.0. The number of halogens is 3. The van der Waals surface area contributed by atoms with Gasteiger partial charge in [0.05, 0.1) is 12.2 Å². The van der Waals surface area contributed by atoms with Gasteiger partial charge in [0.15, 0.2) is 0 Å². The van der Waals surface area contributed by atoms with E-state index >= 15 is 0 Å². The summed E-state index contributed by atoms with van der Waals surface area (Å²) in [5, 5.41) is 0. The fourth-order valence-electron chi connectivity index (χ4n) is 1.77. The van der Waals surface area contributed by atoms with Crippen LogP contribution in [0, 0.1) is 5.92 Å². The molecular formula is C13H17F3N2O. The second-order valence-corrected chi connectivity index (χ2v) is 4.85. The molecule has 0 bridgehead atoms. The Hall–Kier alpha value is -1.27. The van der Waals surface area contributed by atoms with E-state index in [4.69, 9.17) is 16.2 Å². The minimum absolute atomic E-state index is 0.0705. The van der Waals surface area contributed by atoms with Crippen molar-refractivity contribution >= 4 is 0 Å². The van der Waals surface area contributed by atoms with Crippen molar-refractivity contribution in [3.63, 3.8) is 0 Å². The van der Waals surface area contributed by atoms with E-state index in [1.165, 1.54) is 6.07 Å². The summed E-state index contributed by atoms with van der Waals surface area (Å²) in [5.41, 5.74) is 10.8. The number of benzene rings is 1. The van der Waals surface area contributed by atoms with E-state index in [9.17, 15) is 13.2 Å². The first-order valence-electron chi connectivity index (χ1n) is 6.21. The van der Waals surface area contributed by atoms with Crippen LogP contribution in [-0.2, 0) is 6.18 Å². The summed E-state index contributed by atoms with van der Waals surface area (Å²) in [6.07, 6.45) is -2.17. The first-order chi connectivity index (χ1) is 8.91. The molecule has 1 saturated carbocycles. The third-order valence-corrected chi connectivity index (χ3v) is 3.16. The molecule has 1 unspecified atom stereocenters. The van der Waals surface area contributed by atoms with Gasteiger partial charge in [-0.15, -0.1) is 0 Å². The van der Waals surface area contributed by atoms with Gasteiger partial charge in [-0.3, -0.25) is 0 Å². The highest BCUT2D eigenvalue weighted by Gasteiger charge is 2.32. The van der Waals surface area contributed by atoms with E-state index in [0.717, 1.165) is 25.0 Å². The molecule has 4 N–H and O–H groups in total. The van der Waals surface area contributed by atoms with Gasteiger partial charge >= 0.3 is 6.18 Å². The van der Waals surface area contributed by atoms with Crippen molar-refractivity contribution in [1.82, 2.24) is 0 Å². The van der Waals surface area contributed by atoms with E-state index < -0.39 is 17.8 Å². The lowest BCUT2D eigenvalue weighted by Crippen LogP contribution is -2.22. The summed E-state index contributed by atoms with van der Waals surface area (Å²) in [6.45, 7) is 0.594. The molecule has 1 atom stereocenters. The Kier molecular flexibility index (Phi) is 4.01. The van der Waals surface area contributed by atoms with Crippen LogP contribution in [0.2, 0.25) is 0 Å². The summed E-state index contributed by atoms with van der Waals surface area (Å²) in [7, 11) is 0. The third-order valence-electron chi connectivity index (χ3n) is 3.16. The average Bonchev–Trinajstić information content (AvgIpc) is 3.18. The van der Waals surface area contributed by atoms with E-state index in [1.807, 2.05) is 0 Å². The van der Waals surface area contributed by atoms with Gasteiger partial charge in [0.1, 0.15) is 5.75 Å². The van der Waals surface area contributed by atoms with Gasteiger partial charge in [-0.05, 0) is 37.0 Å². The quantitative estimate of drug-likeness (QED) is 0.867. The van der Waals surface area contributed by atoms with Crippen LogP contribution in [-0.4, -0.2) is 13.2 Å². The molecule has 0 spiro atoms. The van der Waals surface area contributed by atoms with Crippen molar-refractivity contribution in [3.05, 3.63) is 29.3 Å². The fourth-order valence-corrected chi connectivity index (χ4v) is 1.77. The normalized spacial score (nSPS) is 17.3. The van der Waals surface area contributed by atoms with Gasteiger partial charge in [-0.1, -0.05) is 0 Å². The van der Waals surface area contributed by atoms with Gasteiger partial charge < -0.3 is 16.2 Å². The molecule has 0 aliphatic heterocycles. The molecule has 1 fully saturated rings. The Bertz CT molecular complexity index is 444. The van der Waals surface area contributed by atoms with Crippen molar-refractivity contribution in [2.45, 2.75) is 25.1 Å². The molecule has 0 radical (unpaired) electrons. The lowest BCUT2D eigenvalue weighted by Gasteiger charge is -2.18. The SMILES string of the molecule is NCC(N)c1cc(C(F)(F)F)ccc1OCC1CC1. The number of ether oxygens (including phenoxy) is 1. The molecule has 1 aliphatic rings. The maximum absolute atomic E-state index is 12.7. The van der Waals surface area contributed by atoms with Crippen LogP contribution in [0.5, 0.6) is 5.75 Å². The molecule has 3 nitrogen and oxygen atoms in total. The topological polar surface area (TPSA) is 61.3 Å². The predicted octanol–water partition coefficient (Wildman–Crippen LogP) is 2.45. The van der Waals surface area contributed by atoms with Gasteiger partial charge in [-0.25, -0.2) is 0 Å². The zero-order valence-corrected chi connectivity index (χ0v) is 10.4. The Balaban J connectivity index is 2.24. The van der Waals surface area contributed by atoms with E-state index in [0.29, 0.717) is 23.8 Å². The largest absolute Gasteiger partial charge is 0.493 e. The van der Waals surface area contributed by atoms with E-state index in [1.54, 1.807) is 0 Å². The van der Waals surface area contributed by atoms with Crippen LogP contribution in [0.3, 0.4) is 0 Å². The Morgan fingerprint density at radius 3 is 2.53 bits per heavy atom. The number of hydrogen-bond acceptors (Lipinski definition) is 3. The number of alkyl halides is 3. The van der Waals surface area contributed by atoms with Crippen LogP contribution in [0.15, 0.2) is 18.2 Å². The van der Waals surface area contributed by atoms with Crippen LogP contribution in [0.1, 0.15) is 30.0 Å². The summed E-state index contributed by atoms with van der Waals surface area (Å²) in [5.74, 6) is 0.919. The summed E-state index contributed by atoms with van der Waals surface area (Å²) in [4.78, 5) is 0. The molecule has 6 heteroatoms. The van der Waals surface area contributed by atoms with Crippen LogP contribution >= 0.6 is 0 Å². The van der Waals surface area contributed by atoms with Gasteiger partial charge in [0.2, 0.25) is 0 Å². The highest BCUT2D eigenvalue weighted by Crippen LogP contribution is 2.35. The number of nitrogens with two attached hydrogens (primary N) is 2. The first-order valence-corrected chi connectivity index (χ1v) is 6.21. The van der Waals surface area contributed by atoms with Crippen molar-refractivity contribution in [1.29, 1.82) is 0 Å². The highest BCUT2D eigenvalue weighted by molar-refractivity contribution is 5.40. The maximum atomic E-state index is 12.7. The van der Waals surface area contributed by atoms with Crippen molar-refractivity contribution < 1.29 is 17.9 Å². The molecule has 0 amide bonds. The fraction of sp³-hybridized carbons (Fsp3) is 0.538. The third kappa shape index (κ3) is 3.61. The second-order valence-electron chi connectivity index (χ2n) is 4.85. The molecule has 0 saturated heterocycles. The number of rotatable bonds is 5. The second kappa shape index (κ2) is 5.38. The standard InChI is InChI=1S/C13H17F3N2O/c14-13(15,16)9-3-4-12(19-7-8-1-2-8)10(5-9)11(18)6-17/h3-5,8,11H,1-2,6-7,17-18H2. The van der Waals surface area contributed by atoms with Crippen molar-refractivity contribution in [2.75, 3.05) is 13.2 Å². The molecular weight excluding hydrogens is 257 g/mol. The molecule has 19 heavy (non-hydrogen) atoms. The lowest BCUT2D eigenvalue weighted by molar-refractivity contribution is -0.137. The monoisotopic (exact) mass is 274 g/mol. The molecule has 106 valence electrons. The van der Waals surface area contributed by atoms with Crippen molar-refractivity contribution in [2.24, 2.45) is 17.4 Å². The maximum Gasteiger partial charge on any atom is 0.416 e. The molecule has 1 aromatic carbocycles. The van der Waals surface area contributed by atoms with E-state index in [2.05, 4.69) is 0 Å². The summed E-state index contributed by atoms with van der Waals surface area (Å²) >= 11 is 0. The molecule has 1 aliphatic carbocycles. The zero-order valence-electron chi connectivity index (χ0n) is 10.4. The molecule has 1 aromatic rings. The van der Waals surface area contributed by atoms with Gasteiger partial charge in [-0.2, -0.15) is 13.2 Å². The average molecular weight is 274 g/mol. The first kappa shape index (κ1) is 14.1. The Labute approximate surface area is 109 Å². The lowest BCUT2D eigenvalue weighted by atomic mass is 10.0. The summed E-state index contributed by atoms with van der Waals surface area (Å²) < 4.78 is 43.6. The smallest absolute Gasteiger partial charge is 0.416 e. The van der Waals surface area contributed by atoms with Crippen LogP contribution in [0.25, 0.3) is 0 Å². The molecule has 0 aromatic heterocycles. The minimum Gasteiger partial charge on any atom is -0.493 e. The minimum atomic E-state index is -4.39.